The third-order valence-electron chi connectivity index (χ3n) is 4.58. The van der Waals surface area contributed by atoms with Crippen LogP contribution in [-0.4, -0.2) is 32.4 Å². The van der Waals surface area contributed by atoms with Crippen molar-refractivity contribution in [1.82, 2.24) is 0 Å². The number of carboxylic acid groups (broad SMARTS) is 2. The molecule has 0 aliphatic heterocycles. The van der Waals surface area contributed by atoms with Crippen LogP contribution in [0.3, 0.4) is 0 Å². The summed E-state index contributed by atoms with van der Waals surface area (Å²) in [5, 5.41) is 38.6. The molecule has 0 aliphatic carbocycles. The van der Waals surface area contributed by atoms with Crippen LogP contribution in [0.25, 0.3) is 22.3 Å². The molecule has 3 aromatic carbocycles. The number of aromatic hydroxyl groups is 2. The van der Waals surface area contributed by atoms with Crippen molar-refractivity contribution in [2.24, 2.45) is 0 Å². The normalized spacial score (nSPS) is 10.6. The summed E-state index contributed by atoms with van der Waals surface area (Å²) in [6.07, 6.45) is 0. The highest BCUT2D eigenvalue weighted by atomic mass is 16.4. The summed E-state index contributed by atoms with van der Waals surface area (Å²) in [6.45, 7) is 3.56. The van der Waals surface area contributed by atoms with E-state index in [2.05, 4.69) is 0 Å². The molecule has 0 spiro atoms. The smallest absolute Gasteiger partial charge is 0.336 e. The monoisotopic (exact) mass is 378 g/mol. The molecule has 0 heterocycles. The Morgan fingerprint density at radius 3 is 1.57 bits per heavy atom. The van der Waals surface area contributed by atoms with Gasteiger partial charge in [-0.2, -0.15) is 0 Å². The fourth-order valence-electron chi connectivity index (χ4n) is 3.43. The number of carboxylic acids is 2. The van der Waals surface area contributed by atoms with Crippen molar-refractivity contribution < 1.29 is 30.0 Å². The molecule has 3 aromatic rings. The third-order valence-corrected chi connectivity index (χ3v) is 4.58. The molecule has 0 aliphatic rings. The van der Waals surface area contributed by atoms with Crippen LogP contribution in [0.1, 0.15) is 31.8 Å². The predicted molar refractivity (Wildman–Crippen MR) is 104 cm³/mol. The molecule has 0 aromatic heterocycles. The second kappa shape index (κ2) is 7.08. The van der Waals surface area contributed by atoms with E-state index in [4.69, 9.17) is 0 Å². The van der Waals surface area contributed by atoms with E-state index in [0.717, 1.165) is 0 Å². The standard InChI is InChI=1S/C22H18O6/c1-11-7-13(18-9-14(23)3-5-16(18)21(25)26)8-12(2)20(11)19-10-15(24)4-6-17(19)22(27)28/h3-10,23-24H,1-2H3,(H,25,26)(H,27,28). The van der Waals surface area contributed by atoms with Gasteiger partial charge in [0.1, 0.15) is 11.5 Å². The Kier molecular flexibility index (Phi) is 4.79. The number of aromatic carboxylic acids is 2. The van der Waals surface area contributed by atoms with Gasteiger partial charge in [0.25, 0.3) is 0 Å². The second-order valence-electron chi connectivity index (χ2n) is 6.56. The van der Waals surface area contributed by atoms with Crippen LogP contribution in [0.5, 0.6) is 11.5 Å². The Labute approximate surface area is 161 Å². The highest BCUT2D eigenvalue weighted by molar-refractivity contribution is 5.99. The van der Waals surface area contributed by atoms with E-state index in [1.165, 1.54) is 36.4 Å². The van der Waals surface area contributed by atoms with Gasteiger partial charge >= 0.3 is 11.9 Å². The number of rotatable bonds is 4. The van der Waals surface area contributed by atoms with Crippen LogP contribution in [0.15, 0.2) is 48.5 Å². The maximum Gasteiger partial charge on any atom is 0.336 e. The molecular formula is C22H18O6. The van der Waals surface area contributed by atoms with E-state index in [1.807, 2.05) is 0 Å². The quantitative estimate of drug-likeness (QED) is 0.533. The van der Waals surface area contributed by atoms with Crippen LogP contribution in [0.2, 0.25) is 0 Å². The van der Waals surface area contributed by atoms with E-state index < -0.39 is 11.9 Å². The molecule has 0 radical (unpaired) electrons. The number of hydrogen-bond donors (Lipinski definition) is 4. The van der Waals surface area contributed by atoms with Crippen molar-refractivity contribution in [2.45, 2.75) is 13.8 Å². The van der Waals surface area contributed by atoms with Gasteiger partial charge in [0.15, 0.2) is 0 Å². The molecule has 142 valence electrons. The fourth-order valence-corrected chi connectivity index (χ4v) is 3.43. The minimum atomic E-state index is -1.12. The molecular weight excluding hydrogens is 360 g/mol. The maximum absolute atomic E-state index is 11.6. The first-order valence-electron chi connectivity index (χ1n) is 8.43. The van der Waals surface area contributed by atoms with Gasteiger partial charge in [-0.05, 0) is 78.1 Å². The van der Waals surface area contributed by atoms with Crippen LogP contribution < -0.4 is 0 Å². The molecule has 3 rings (SSSR count). The molecule has 4 N–H and O–H groups in total. The van der Waals surface area contributed by atoms with Gasteiger partial charge in [-0.25, -0.2) is 9.59 Å². The second-order valence-corrected chi connectivity index (χ2v) is 6.56. The fraction of sp³-hybridized carbons (Fsp3) is 0.0909. The first-order valence-corrected chi connectivity index (χ1v) is 8.43. The average Bonchev–Trinajstić information content (AvgIpc) is 2.60. The van der Waals surface area contributed by atoms with Crippen molar-refractivity contribution in [2.75, 3.05) is 0 Å². The minimum Gasteiger partial charge on any atom is -0.508 e. The van der Waals surface area contributed by atoms with E-state index in [9.17, 15) is 30.0 Å². The van der Waals surface area contributed by atoms with Gasteiger partial charge in [-0.1, -0.05) is 12.1 Å². The zero-order valence-electron chi connectivity index (χ0n) is 15.2. The summed E-state index contributed by atoms with van der Waals surface area (Å²) in [6, 6.07) is 11.6. The largest absolute Gasteiger partial charge is 0.508 e. The molecule has 6 nitrogen and oxygen atoms in total. The molecule has 28 heavy (non-hydrogen) atoms. The first kappa shape index (κ1) is 19.0. The van der Waals surface area contributed by atoms with E-state index in [-0.39, 0.29) is 22.6 Å². The highest BCUT2D eigenvalue weighted by Gasteiger charge is 2.19. The first-order chi connectivity index (χ1) is 13.2. The van der Waals surface area contributed by atoms with Gasteiger partial charge < -0.3 is 20.4 Å². The highest BCUT2D eigenvalue weighted by Crippen LogP contribution is 2.37. The number of benzene rings is 3. The van der Waals surface area contributed by atoms with Crippen molar-refractivity contribution in [3.8, 4) is 33.8 Å². The van der Waals surface area contributed by atoms with E-state index >= 15 is 0 Å². The zero-order chi connectivity index (χ0) is 20.6. The van der Waals surface area contributed by atoms with E-state index in [0.29, 0.717) is 33.4 Å². The van der Waals surface area contributed by atoms with Gasteiger partial charge in [0.2, 0.25) is 0 Å². The lowest BCUT2D eigenvalue weighted by Crippen LogP contribution is -2.02. The van der Waals surface area contributed by atoms with Gasteiger partial charge in [-0.15, -0.1) is 0 Å². The summed E-state index contributed by atoms with van der Waals surface area (Å²) < 4.78 is 0. The Hall–Kier alpha value is -3.80. The van der Waals surface area contributed by atoms with Crippen molar-refractivity contribution >= 4 is 11.9 Å². The number of aryl methyl sites for hydroxylation is 2. The predicted octanol–water partition coefficient (Wildman–Crippen LogP) is 4.45. The van der Waals surface area contributed by atoms with Gasteiger partial charge in [0.05, 0.1) is 11.1 Å². The number of phenolic OH excluding ortho intramolecular Hbond substituents is 2. The van der Waals surface area contributed by atoms with Gasteiger partial charge in [0, 0.05) is 5.56 Å². The van der Waals surface area contributed by atoms with Crippen molar-refractivity contribution in [1.29, 1.82) is 0 Å². The average molecular weight is 378 g/mol. The van der Waals surface area contributed by atoms with Crippen LogP contribution in [0.4, 0.5) is 0 Å². The zero-order valence-corrected chi connectivity index (χ0v) is 15.2. The summed E-state index contributed by atoms with van der Waals surface area (Å²) in [4.78, 5) is 23.1. The summed E-state index contributed by atoms with van der Waals surface area (Å²) in [5.74, 6) is -2.33. The molecule has 6 heteroatoms. The molecule has 0 bridgehead atoms. The molecule has 0 saturated carbocycles. The summed E-state index contributed by atoms with van der Waals surface area (Å²) >= 11 is 0. The maximum atomic E-state index is 11.6. The number of carbonyl (C=O) groups is 2. The molecule has 0 amide bonds. The third kappa shape index (κ3) is 3.40. The molecule has 0 saturated heterocycles. The SMILES string of the molecule is Cc1cc(-c2cc(O)ccc2C(=O)O)cc(C)c1-c1cc(O)ccc1C(=O)O. The molecule has 0 atom stereocenters. The minimum absolute atomic E-state index is 0.0490. The lowest BCUT2D eigenvalue weighted by molar-refractivity contribution is 0.0686. The summed E-state index contributed by atoms with van der Waals surface area (Å²) in [5.41, 5.74) is 3.50. The lowest BCUT2D eigenvalue weighted by atomic mass is 9.88. The Bertz CT molecular complexity index is 1090. The summed E-state index contributed by atoms with van der Waals surface area (Å²) in [7, 11) is 0. The van der Waals surface area contributed by atoms with E-state index in [1.54, 1.807) is 26.0 Å². The molecule has 0 fully saturated rings. The van der Waals surface area contributed by atoms with Crippen molar-refractivity contribution in [3.63, 3.8) is 0 Å². The van der Waals surface area contributed by atoms with Crippen molar-refractivity contribution in [3.05, 3.63) is 70.8 Å². The lowest BCUT2D eigenvalue weighted by Gasteiger charge is -2.16. The Morgan fingerprint density at radius 2 is 1.11 bits per heavy atom. The van der Waals surface area contributed by atoms with Gasteiger partial charge in [-0.3, -0.25) is 0 Å². The van der Waals surface area contributed by atoms with Crippen LogP contribution in [0, 0.1) is 13.8 Å². The topological polar surface area (TPSA) is 115 Å². The van der Waals surface area contributed by atoms with Crippen LogP contribution >= 0.6 is 0 Å². The van der Waals surface area contributed by atoms with Crippen LogP contribution in [-0.2, 0) is 0 Å². The number of hydrogen-bond acceptors (Lipinski definition) is 4. The number of phenols is 2. The Morgan fingerprint density at radius 1 is 0.679 bits per heavy atom. The molecule has 0 unspecified atom stereocenters. The Balaban J connectivity index is 2.25.